The Balaban J connectivity index is 1.78. The lowest BCUT2D eigenvalue weighted by molar-refractivity contribution is 0.626. The van der Waals surface area contributed by atoms with E-state index in [4.69, 9.17) is 12.2 Å². The lowest BCUT2D eigenvalue weighted by Crippen LogP contribution is -2.31. The average Bonchev–Trinajstić information content (AvgIpc) is 2.55. The van der Waals surface area contributed by atoms with Crippen molar-refractivity contribution >= 4 is 29.2 Å². The van der Waals surface area contributed by atoms with Gasteiger partial charge in [-0.05, 0) is 47.6 Å². The van der Waals surface area contributed by atoms with Gasteiger partial charge in [0.05, 0.1) is 6.21 Å². The molecule has 0 unspecified atom stereocenters. The monoisotopic (exact) mass is 330 g/mol. The molecule has 23 heavy (non-hydrogen) atoms. The zero-order chi connectivity index (χ0) is 16.7. The summed E-state index contributed by atoms with van der Waals surface area (Å²) in [5.74, 6) is -0.251. The quantitative estimate of drug-likeness (QED) is 0.502. The van der Waals surface area contributed by atoms with Crippen molar-refractivity contribution in [2.75, 3.05) is 19.0 Å². The molecule has 0 aliphatic rings. The molecule has 0 aliphatic carbocycles. The predicted octanol–water partition coefficient (Wildman–Crippen LogP) is 2.89. The van der Waals surface area contributed by atoms with E-state index in [0.717, 1.165) is 16.8 Å². The molecule has 2 aromatic carbocycles. The summed E-state index contributed by atoms with van der Waals surface area (Å²) in [7, 11) is 3.99. The van der Waals surface area contributed by atoms with Crippen LogP contribution in [0.25, 0.3) is 0 Å². The third kappa shape index (κ3) is 5.67. The highest BCUT2D eigenvalue weighted by Gasteiger charge is 1.97. The number of halogens is 1. The standard InChI is InChI=1S/C17H19FN4S/c1-22(2)16-9-5-14(6-10-16)12-20-21-17(23)19-11-13-3-7-15(18)8-4-13/h3-10,12H,11H2,1-2H3,(H2,19,21,23)/b20-12-. The molecule has 0 aromatic heterocycles. The minimum atomic E-state index is -0.251. The highest BCUT2D eigenvalue weighted by molar-refractivity contribution is 7.80. The molecule has 4 nitrogen and oxygen atoms in total. The van der Waals surface area contributed by atoms with Crippen LogP contribution in [0.3, 0.4) is 0 Å². The molecule has 0 radical (unpaired) electrons. The van der Waals surface area contributed by atoms with Crippen molar-refractivity contribution in [3.8, 4) is 0 Å². The Kier molecular flexibility index (Phi) is 6.05. The molecule has 0 atom stereocenters. The van der Waals surface area contributed by atoms with Gasteiger partial charge in [-0.3, -0.25) is 5.43 Å². The second-order valence-electron chi connectivity index (χ2n) is 5.17. The summed E-state index contributed by atoms with van der Waals surface area (Å²) >= 11 is 5.13. The van der Waals surface area contributed by atoms with E-state index in [2.05, 4.69) is 15.8 Å². The zero-order valence-corrected chi connectivity index (χ0v) is 13.9. The van der Waals surface area contributed by atoms with Crippen molar-refractivity contribution in [3.05, 3.63) is 65.5 Å². The van der Waals surface area contributed by atoms with Gasteiger partial charge >= 0.3 is 0 Å². The molecular weight excluding hydrogens is 311 g/mol. The molecule has 0 saturated carbocycles. The van der Waals surface area contributed by atoms with Crippen LogP contribution < -0.4 is 15.6 Å². The van der Waals surface area contributed by atoms with E-state index in [1.54, 1.807) is 18.3 Å². The maximum absolute atomic E-state index is 12.8. The minimum absolute atomic E-state index is 0.251. The first-order chi connectivity index (χ1) is 11.0. The summed E-state index contributed by atoms with van der Waals surface area (Å²) < 4.78 is 12.8. The molecular formula is C17H19FN4S. The molecule has 2 rings (SSSR count). The van der Waals surface area contributed by atoms with Crippen molar-refractivity contribution in [2.24, 2.45) is 5.10 Å². The molecule has 0 heterocycles. The van der Waals surface area contributed by atoms with Crippen LogP contribution in [0.2, 0.25) is 0 Å². The van der Waals surface area contributed by atoms with Gasteiger partial charge < -0.3 is 10.2 Å². The maximum Gasteiger partial charge on any atom is 0.187 e. The Morgan fingerprint density at radius 3 is 2.39 bits per heavy atom. The number of rotatable bonds is 5. The summed E-state index contributed by atoms with van der Waals surface area (Å²) in [4.78, 5) is 2.04. The zero-order valence-electron chi connectivity index (χ0n) is 13.1. The maximum atomic E-state index is 12.8. The molecule has 0 amide bonds. The summed E-state index contributed by atoms with van der Waals surface area (Å²) in [6.45, 7) is 0.513. The van der Waals surface area contributed by atoms with Crippen LogP contribution in [0.5, 0.6) is 0 Å². The largest absolute Gasteiger partial charge is 0.378 e. The van der Waals surface area contributed by atoms with E-state index < -0.39 is 0 Å². The lowest BCUT2D eigenvalue weighted by Gasteiger charge is -2.11. The number of benzene rings is 2. The fourth-order valence-corrected chi connectivity index (χ4v) is 1.97. The van der Waals surface area contributed by atoms with Crippen molar-refractivity contribution in [2.45, 2.75) is 6.54 Å². The van der Waals surface area contributed by atoms with Crippen LogP contribution in [-0.2, 0) is 6.54 Å². The Morgan fingerprint density at radius 1 is 1.13 bits per heavy atom. The number of anilines is 1. The molecule has 120 valence electrons. The van der Waals surface area contributed by atoms with Gasteiger partial charge in [0.15, 0.2) is 5.11 Å². The van der Waals surface area contributed by atoms with Crippen LogP contribution >= 0.6 is 12.2 Å². The Bertz CT molecular complexity index is 666. The fourth-order valence-electron chi connectivity index (χ4n) is 1.85. The van der Waals surface area contributed by atoms with Gasteiger partial charge in [-0.1, -0.05) is 24.3 Å². The second kappa shape index (κ2) is 8.24. The van der Waals surface area contributed by atoms with E-state index in [0.29, 0.717) is 11.7 Å². The third-order valence-corrected chi connectivity index (χ3v) is 3.39. The van der Waals surface area contributed by atoms with Crippen molar-refractivity contribution in [1.29, 1.82) is 0 Å². The molecule has 0 fully saturated rings. The number of nitrogens with zero attached hydrogens (tertiary/aromatic N) is 2. The molecule has 0 spiro atoms. The normalized spacial score (nSPS) is 10.6. The van der Waals surface area contributed by atoms with E-state index in [-0.39, 0.29) is 5.82 Å². The van der Waals surface area contributed by atoms with Crippen molar-refractivity contribution < 1.29 is 4.39 Å². The van der Waals surface area contributed by atoms with Gasteiger partial charge in [0, 0.05) is 26.3 Å². The van der Waals surface area contributed by atoms with Gasteiger partial charge in [0.1, 0.15) is 5.82 Å². The number of thiocarbonyl (C=S) groups is 1. The van der Waals surface area contributed by atoms with Gasteiger partial charge in [0.25, 0.3) is 0 Å². The number of nitrogens with one attached hydrogen (secondary N) is 2. The van der Waals surface area contributed by atoms with Gasteiger partial charge in [-0.15, -0.1) is 0 Å². The summed E-state index contributed by atoms with van der Waals surface area (Å²) in [6, 6.07) is 14.3. The smallest absolute Gasteiger partial charge is 0.187 e. The lowest BCUT2D eigenvalue weighted by atomic mass is 10.2. The van der Waals surface area contributed by atoms with E-state index in [9.17, 15) is 4.39 Å². The minimum Gasteiger partial charge on any atom is -0.378 e. The van der Waals surface area contributed by atoms with Gasteiger partial charge in [0.2, 0.25) is 0 Å². The fraction of sp³-hybridized carbons (Fsp3) is 0.176. The molecule has 0 bridgehead atoms. The number of hydrogen-bond acceptors (Lipinski definition) is 3. The molecule has 2 aromatic rings. The summed E-state index contributed by atoms with van der Waals surface area (Å²) in [6.07, 6.45) is 1.70. The average molecular weight is 330 g/mol. The Labute approximate surface area is 141 Å². The van der Waals surface area contributed by atoms with Gasteiger partial charge in [-0.25, -0.2) is 4.39 Å². The SMILES string of the molecule is CN(C)c1ccc(/C=N\NC(=S)NCc2ccc(F)cc2)cc1. The second-order valence-corrected chi connectivity index (χ2v) is 5.57. The molecule has 6 heteroatoms. The van der Waals surface area contributed by atoms with Gasteiger partial charge in [-0.2, -0.15) is 5.10 Å². The van der Waals surface area contributed by atoms with Crippen LogP contribution in [0, 0.1) is 5.82 Å². The highest BCUT2D eigenvalue weighted by atomic mass is 32.1. The molecule has 0 aliphatic heterocycles. The highest BCUT2D eigenvalue weighted by Crippen LogP contribution is 2.10. The molecule has 0 saturated heterocycles. The number of hydrogen-bond donors (Lipinski definition) is 2. The first kappa shape index (κ1) is 16.9. The Morgan fingerprint density at radius 2 is 1.78 bits per heavy atom. The van der Waals surface area contributed by atoms with Crippen molar-refractivity contribution in [1.82, 2.24) is 10.7 Å². The summed E-state index contributed by atoms with van der Waals surface area (Å²) in [5.41, 5.74) is 5.81. The predicted molar refractivity (Wildman–Crippen MR) is 97.3 cm³/mol. The first-order valence-corrected chi connectivity index (χ1v) is 7.54. The van der Waals surface area contributed by atoms with Crippen LogP contribution in [-0.4, -0.2) is 25.4 Å². The van der Waals surface area contributed by atoms with E-state index in [1.807, 2.05) is 43.3 Å². The Hall–Kier alpha value is -2.47. The molecule has 2 N–H and O–H groups in total. The first-order valence-electron chi connectivity index (χ1n) is 7.13. The summed E-state index contributed by atoms with van der Waals surface area (Å²) in [5, 5.41) is 7.51. The van der Waals surface area contributed by atoms with Crippen molar-refractivity contribution in [3.63, 3.8) is 0 Å². The number of hydrazone groups is 1. The third-order valence-electron chi connectivity index (χ3n) is 3.16. The topological polar surface area (TPSA) is 39.7 Å². The van der Waals surface area contributed by atoms with E-state index >= 15 is 0 Å². The van der Waals surface area contributed by atoms with Crippen LogP contribution in [0.15, 0.2) is 53.6 Å². The van der Waals surface area contributed by atoms with E-state index in [1.165, 1.54) is 12.1 Å². The van der Waals surface area contributed by atoms with Crippen LogP contribution in [0.1, 0.15) is 11.1 Å². The van der Waals surface area contributed by atoms with Crippen LogP contribution in [0.4, 0.5) is 10.1 Å².